The van der Waals surface area contributed by atoms with E-state index in [0.717, 1.165) is 63.4 Å². The molecule has 0 radical (unpaired) electrons. The third kappa shape index (κ3) is 10.6. The molecule has 0 aliphatic heterocycles. The Morgan fingerprint density at radius 1 is 0.706 bits per heavy atom. The zero-order chi connectivity index (χ0) is 48.8. The summed E-state index contributed by atoms with van der Waals surface area (Å²) < 4.78 is 22.5. The van der Waals surface area contributed by atoms with Gasteiger partial charge >= 0.3 is 0 Å². The first-order chi connectivity index (χ1) is 32.4. The lowest BCUT2D eigenvalue weighted by Gasteiger charge is -2.49. The van der Waals surface area contributed by atoms with E-state index in [1.54, 1.807) is 5.57 Å². The predicted octanol–water partition coefficient (Wildman–Crippen LogP) is 13.2. The van der Waals surface area contributed by atoms with E-state index in [-0.39, 0.29) is 27.7 Å². The van der Waals surface area contributed by atoms with E-state index in [9.17, 15) is 5.11 Å². The van der Waals surface area contributed by atoms with E-state index >= 15 is 0 Å². The van der Waals surface area contributed by atoms with Gasteiger partial charge in [-0.25, -0.2) is 0 Å². The molecule has 3 saturated carbocycles. The smallest absolute Gasteiger partial charge is 0.261 e. The molecule has 0 unspecified atom stereocenters. The Morgan fingerprint density at radius 3 is 1.63 bits per heavy atom. The number of ether oxygens (including phenoxy) is 1. The van der Waals surface area contributed by atoms with Crippen molar-refractivity contribution >= 4 is 37.4 Å². The molecule has 3 aliphatic rings. The monoisotopic (exact) mass is 949 g/mol. The minimum Gasteiger partial charge on any atom is -0.404 e. The van der Waals surface area contributed by atoms with Gasteiger partial charge in [-0.3, -0.25) is 0 Å². The molecule has 5 atom stereocenters. The van der Waals surface area contributed by atoms with E-state index in [4.69, 9.17) is 20.2 Å². The Hall–Kier alpha value is -3.89. The quantitative estimate of drug-likeness (QED) is 0.0797. The van der Waals surface area contributed by atoms with E-state index in [0.29, 0.717) is 25.0 Å². The molecule has 4 nitrogen and oxygen atoms in total. The highest BCUT2D eigenvalue weighted by Crippen LogP contribution is 2.59. The Kier molecular flexibility index (Phi) is 16.5. The summed E-state index contributed by atoms with van der Waals surface area (Å²) >= 11 is 0. The van der Waals surface area contributed by atoms with Crippen molar-refractivity contribution in [1.29, 1.82) is 0 Å². The second-order valence-electron chi connectivity index (χ2n) is 23.0. The lowest BCUT2D eigenvalue weighted by atomic mass is 9.62. The minimum atomic E-state index is -2.97. The van der Waals surface area contributed by atoms with Gasteiger partial charge in [0.25, 0.3) is 16.6 Å². The van der Waals surface area contributed by atoms with Crippen molar-refractivity contribution in [2.24, 2.45) is 17.3 Å². The third-order valence-electron chi connectivity index (χ3n) is 16.3. The van der Waals surface area contributed by atoms with Crippen LogP contribution in [0.25, 0.3) is 0 Å². The highest BCUT2D eigenvalue weighted by Gasteiger charge is 2.55. The van der Waals surface area contributed by atoms with Gasteiger partial charge in [-0.15, -0.1) is 0 Å². The lowest BCUT2D eigenvalue weighted by molar-refractivity contribution is -0.0547. The van der Waals surface area contributed by atoms with Gasteiger partial charge < -0.3 is 18.7 Å². The second kappa shape index (κ2) is 21.6. The standard InChI is InChI=1S/C62H84O4Si2/c1-12-40-62(63,41-13-2)46-64-45-47(3)56-38-39-57-49(27-26-42-61(56,57)11)36-37-50-43-51(65-67(59(5,6)7,52-28-18-14-19-29-52)53-30-20-15-21-31-53)44-58(48(50)4)66-68(60(8,9)10,54-32-22-16-23-33-54)55-34-24-17-25-35-55/h14-25,28-37,51,56-58,63H,3-4,12-13,26-27,38-46H2,1-2,5-11H3/t51-,56-,57+,58+,61-/m1/s1. The molecule has 6 heteroatoms. The van der Waals surface area contributed by atoms with Crippen LogP contribution in [0.2, 0.25) is 10.1 Å². The molecule has 0 heterocycles. The van der Waals surface area contributed by atoms with Gasteiger partial charge in [0.2, 0.25) is 0 Å². The van der Waals surface area contributed by atoms with Crippen molar-refractivity contribution in [2.75, 3.05) is 13.2 Å². The Labute approximate surface area is 414 Å². The van der Waals surface area contributed by atoms with E-state index in [2.05, 4.69) is 202 Å². The number of hydrogen-bond acceptors (Lipinski definition) is 4. The van der Waals surface area contributed by atoms with Crippen LogP contribution in [-0.4, -0.2) is 52.8 Å². The summed E-state index contributed by atoms with van der Waals surface area (Å²) in [5.74, 6) is 0.879. The molecule has 0 bridgehead atoms. The summed E-state index contributed by atoms with van der Waals surface area (Å²) in [5.41, 5.74) is 4.43. The maximum absolute atomic E-state index is 11.3. The molecule has 3 aliphatic carbocycles. The van der Waals surface area contributed by atoms with Crippen LogP contribution in [0.1, 0.15) is 133 Å². The maximum Gasteiger partial charge on any atom is 0.261 e. The summed E-state index contributed by atoms with van der Waals surface area (Å²) in [4.78, 5) is 0. The van der Waals surface area contributed by atoms with E-state index in [1.807, 2.05) is 0 Å². The largest absolute Gasteiger partial charge is 0.404 e. The Balaban J connectivity index is 1.28. The average molecular weight is 950 g/mol. The van der Waals surface area contributed by atoms with Crippen molar-refractivity contribution < 1.29 is 18.7 Å². The Bertz CT molecular complexity index is 2260. The molecule has 0 saturated heterocycles. The zero-order valence-electron chi connectivity index (χ0n) is 43.3. The molecular formula is C62H84O4Si2. The molecule has 4 aromatic rings. The average Bonchev–Trinajstić information content (AvgIpc) is 3.68. The molecule has 3 fully saturated rings. The van der Waals surface area contributed by atoms with Gasteiger partial charge in [-0.2, -0.15) is 0 Å². The molecule has 364 valence electrons. The molecule has 0 spiro atoms. The highest BCUT2D eigenvalue weighted by molar-refractivity contribution is 7.00. The topological polar surface area (TPSA) is 47.9 Å². The van der Waals surface area contributed by atoms with E-state index < -0.39 is 22.2 Å². The molecule has 0 amide bonds. The summed E-state index contributed by atoms with van der Waals surface area (Å²) in [5, 5.41) is 16.1. The first kappa shape index (κ1) is 52.0. The number of hydrogen-bond donors (Lipinski definition) is 1. The fourth-order valence-corrected chi connectivity index (χ4v) is 22.4. The first-order valence-electron chi connectivity index (χ1n) is 26.1. The first-order valence-corrected chi connectivity index (χ1v) is 29.9. The van der Waals surface area contributed by atoms with Crippen molar-refractivity contribution in [3.05, 3.63) is 169 Å². The van der Waals surface area contributed by atoms with Crippen molar-refractivity contribution in [3.8, 4) is 0 Å². The SMILES string of the molecule is C=C1C(=CC=C2CCC[C@]3(C)[C@@H](C(=C)COCC(O)(CCC)CCC)CC[C@@H]23)C[C@@H](O[Si](c2ccccc2)(c2ccccc2)C(C)(C)C)C[C@@H]1O[Si](c1ccccc1)(c1ccccc1)C(C)(C)C. The molecular weight excluding hydrogens is 865 g/mol. The number of fused-ring (bicyclic) bond motifs is 1. The molecule has 7 rings (SSSR count). The van der Waals surface area contributed by atoms with Gasteiger partial charge in [0, 0.05) is 6.42 Å². The lowest BCUT2D eigenvalue weighted by Crippen LogP contribution is -2.69. The van der Waals surface area contributed by atoms with Crippen LogP contribution in [0, 0.1) is 17.3 Å². The molecule has 4 aromatic carbocycles. The van der Waals surface area contributed by atoms with Crippen LogP contribution in [0.3, 0.4) is 0 Å². The fourth-order valence-electron chi connectivity index (χ4n) is 13.1. The summed E-state index contributed by atoms with van der Waals surface area (Å²) in [6.07, 6.45) is 15.2. The van der Waals surface area contributed by atoms with Gasteiger partial charge in [0.05, 0.1) is 31.0 Å². The van der Waals surface area contributed by atoms with Crippen LogP contribution in [-0.2, 0) is 13.6 Å². The maximum atomic E-state index is 11.3. The van der Waals surface area contributed by atoms with Gasteiger partial charge in [-0.05, 0) is 116 Å². The molecule has 68 heavy (non-hydrogen) atoms. The number of aliphatic hydroxyl groups is 1. The van der Waals surface area contributed by atoms with Crippen LogP contribution in [0.5, 0.6) is 0 Å². The van der Waals surface area contributed by atoms with Gasteiger partial charge in [0.1, 0.15) is 0 Å². The number of allylic oxidation sites excluding steroid dienone is 3. The Morgan fingerprint density at radius 2 is 1.18 bits per heavy atom. The van der Waals surface area contributed by atoms with Crippen molar-refractivity contribution in [3.63, 3.8) is 0 Å². The minimum absolute atomic E-state index is 0.109. The van der Waals surface area contributed by atoms with Crippen LogP contribution in [0.4, 0.5) is 0 Å². The van der Waals surface area contributed by atoms with Crippen LogP contribution >= 0.6 is 0 Å². The summed E-state index contributed by atoms with van der Waals surface area (Å²) in [7, 11) is -5.89. The fraction of sp³-hybridized carbons (Fsp3) is 0.484. The van der Waals surface area contributed by atoms with Gasteiger partial charge in [0.15, 0.2) is 0 Å². The molecule has 0 aromatic heterocycles. The summed E-state index contributed by atoms with van der Waals surface area (Å²) in [6.45, 7) is 31.6. The van der Waals surface area contributed by atoms with E-state index in [1.165, 1.54) is 44.7 Å². The third-order valence-corrected chi connectivity index (χ3v) is 26.4. The van der Waals surface area contributed by atoms with Gasteiger partial charge in [-0.1, -0.05) is 227 Å². The number of benzene rings is 4. The highest BCUT2D eigenvalue weighted by atomic mass is 28.4. The summed E-state index contributed by atoms with van der Waals surface area (Å²) in [6, 6.07) is 44.3. The van der Waals surface area contributed by atoms with Crippen LogP contribution < -0.4 is 20.7 Å². The predicted molar refractivity (Wildman–Crippen MR) is 292 cm³/mol. The van der Waals surface area contributed by atoms with Crippen molar-refractivity contribution in [1.82, 2.24) is 0 Å². The zero-order valence-corrected chi connectivity index (χ0v) is 45.3. The van der Waals surface area contributed by atoms with Crippen LogP contribution in [0.15, 0.2) is 169 Å². The normalized spacial score (nSPS) is 24.1. The second-order valence-corrected chi connectivity index (χ2v) is 31.5. The van der Waals surface area contributed by atoms with Crippen molar-refractivity contribution in [2.45, 2.75) is 161 Å². The molecule has 1 N–H and O–H groups in total. The number of rotatable bonds is 18.